The number of carbonyl (C=O) groups excluding carboxylic acids is 1. The van der Waals surface area contributed by atoms with Gasteiger partial charge in [-0.15, -0.1) is 0 Å². The first kappa shape index (κ1) is 13.5. The largest absolute Gasteiger partial charge is 0.387 e. The summed E-state index contributed by atoms with van der Waals surface area (Å²) < 4.78 is 25.4. The Labute approximate surface area is 96.1 Å². The molecule has 0 heterocycles. The van der Waals surface area contributed by atoms with Crippen molar-refractivity contribution in [1.29, 1.82) is 0 Å². The molecule has 0 spiro atoms. The van der Waals surface area contributed by atoms with Gasteiger partial charge in [0.25, 0.3) is 0 Å². The van der Waals surface area contributed by atoms with Crippen molar-refractivity contribution in [2.45, 2.75) is 6.10 Å². The van der Waals surface area contributed by atoms with Crippen molar-refractivity contribution < 1.29 is 23.5 Å². The average Bonchev–Trinajstić information content (AvgIpc) is 2.27. The molecule has 17 heavy (non-hydrogen) atoms. The standard InChI is InChI=1S/C10H12F2N2O3/c11-7-2-1-6(3-8(7)12)9(15)4-14-17-5-10(13)16/h1-3,9,14-15H,4-5H2,(H2,13,16). The van der Waals surface area contributed by atoms with Gasteiger partial charge >= 0.3 is 0 Å². The molecule has 4 N–H and O–H groups in total. The molecule has 1 unspecified atom stereocenters. The lowest BCUT2D eigenvalue weighted by atomic mass is 10.1. The summed E-state index contributed by atoms with van der Waals surface area (Å²) in [7, 11) is 0. The summed E-state index contributed by atoms with van der Waals surface area (Å²) in [5.74, 6) is -2.70. The van der Waals surface area contributed by atoms with Crippen molar-refractivity contribution in [3.63, 3.8) is 0 Å². The minimum Gasteiger partial charge on any atom is -0.387 e. The highest BCUT2D eigenvalue weighted by Gasteiger charge is 2.10. The van der Waals surface area contributed by atoms with E-state index in [1.165, 1.54) is 6.07 Å². The van der Waals surface area contributed by atoms with Gasteiger partial charge in [0.15, 0.2) is 11.6 Å². The molecule has 94 valence electrons. The van der Waals surface area contributed by atoms with Gasteiger partial charge in [-0.1, -0.05) is 6.07 Å². The molecule has 0 bridgehead atoms. The van der Waals surface area contributed by atoms with Crippen LogP contribution < -0.4 is 11.2 Å². The second-order valence-corrected chi connectivity index (χ2v) is 3.29. The lowest BCUT2D eigenvalue weighted by molar-refractivity contribution is -0.125. The number of rotatable bonds is 6. The summed E-state index contributed by atoms with van der Waals surface area (Å²) in [5.41, 5.74) is 7.27. The molecular formula is C10H12F2N2O3. The van der Waals surface area contributed by atoms with Crippen LogP contribution in [-0.4, -0.2) is 24.2 Å². The second kappa shape index (κ2) is 6.24. The number of aliphatic hydroxyl groups excluding tert-OH is 1. The van der Waals surface area contributed by atoms with Crippen LogP contribution in [0.3, 0.4) is 0 Å². The fourth-order valence-electron chi connectivity index (χ4n) is 1.10. The number of benzene rings is 1. The number of hydrogen-bond acceptors (Lipinski definition) is 4. The second-order valence-electron chi connectivity index (χ2n) is 3.29. The van der Waals surface area contributed by atoms with Gasteiger partial charge < -0.3 is 10.8 Å². The Morgan fingerprint density at radius 1 is 1.47 bits per heavy atom. The van der Waals surface area contributed by atoms with Gasteiger partial charge in [-0.2, -0.15) is 5.48 Å². The predicted octanol–water partition coefficient (Wildman–Crippen LogP) is 0.00470. The van der Waals surface area contributed by atoms with Crippen LogP contribution in [0.15, 0.2) is 18.2 Å². The maximum Gasteiger partial charge on any atom is 0.245 e. The molecule has 0 radical (unpaired) electrons. The molecule has 1 rings (SSSR count). The molecular weight excluding hydrogens is 234 g/mol. The molecule has 1 amide bonds. The Morgan fingerprint density at radius 2 is 2.18 bits per heavy atom. The first-order chi connectivity index (χ1) is 8.00. The lowest BCUT2D eigenvalue weighted by Crippen LogP contribution is -2.27. The molecule has 0 aliphatic carbocycles. The smallest absolute Gasteiger partial charge is 0.245 e. The van der Waals surface area contributed by atoms with Gasteiger partial charge in [-0.05, 0) is 17.7 Å². The van der Waals surface area contributed by atoms with Gasteiger partial charge in [-0.25, -0.2) is 8.78 Å². The normalized spacial score (nSPS) is 12.4. The molecule has 1 aromatic carbocycles. The van der Waals surface area contributed by atoms with E-state index in [0.29, 0.717) is 0 Å². The Bertz CT molecular complexity index is 401. The number of carbonyl (C=O) groups is 1. The third kappa shape index (κ3) is 4.43. The molecule has 0 saturated heterocycles. The van der Waals surface area contributed by atoms with E-state index in [0.717, 1.165) is 12.1 Å². The Balaban J connectivity index is 2.44. The number of nitrogens with one attached hydrogen (secondary N) is 1. The zero-order valence-electron chi connectivity index (χ0n) is 8.82. The van der Waals surface area contributed by atoms with Crippen LogP contribution in [0.4, 0.5) is 8.78 Å². The van der Waals surface area contributed by atoms with E-state index in [4.69, 9.17) is 5.73 Å². The van der Waals surface area contributed by atoms with E-state index in [-0.39, 0.29) is 18.7 Å². The van der Waals surface area contributed by atoms with E-state index in [2.05, 4.69) is 10.3 Å². The maximum atomic E-state index is 12.8. The SMILES string of the molecule is NC(=O)CONCC(O)c1ccc(F)c(F)c1. The Hall–Kier alpha value is -1.57. The van der Waals surface area contributed by atoms with Gasteiger partial charge in [0.1, 0.15) is 6.61 Å². The predicted molar refractivity (Wildman–Crippen MR) is 54.5 cm³/mol. The fraction of sp³-hybridized carbons (Fsp3) is 0.300. The first-order valence-corrected chi connectivity index (χ1v) is 4.76. The number of halogens is 2. The zero-order chi connectivity index (χ0) is 12.8. The van der Waals surface area contributed by atoms with Crippen LogP contribution >= 0.6 is 0 Å². The van der Waals surface area contributed by atoms with Crippen LogP contribution in [0.25, 0.3) is 0 Å². The molecule has 0 aliphatic heterocycles. The minimum atomic E-state index is -1.09. The van der Waals surface area contributed by atoms with Crippen molar-refractivity contribution in [2.75, 3.05) is 13.2 Å². The highest BCUT2D eigenvalue weighted by atomic mass is 19.2. The van der Waals surface area contributed by atoms with Crippen molar-refractivity contribution in [1.82, 2.24) is 5.48 Å². The van der Waals surface area contributed by atoms with Crippen LogP contribution in [0, 0.1) is 11.6 Å². The number of amides is 1. The number of nitrogens with two attached hydrogens (primary N) is 1. The molecule has 1 aromatic rings. The fourth-order valence-corrected chi connectivity index (χ4v) is 1.10. The van der Waals surface area contributed by atoms with Gasteiger partial charge in [0.2, 0.25) is 5.91 Å². The van der Waals surface area contributed by atoms with Gasteiger partial charge in [-0.3, -0.25) is 9.63 Å². The quantitative estimate of drug-likeness (QED) is 0.487. The first-order valence-electron chi connectivity index (χ1n) is 4.76. The number of hydroxylamine groups is 1. The van der Waals surface area contributed by atoms with Gasteiger partial charge in [0, 0.05) is 0 Å². The van der Waals surface area contributed by atoms with Crippen LogP contribution in [-0.2, 0) is 9.63 Å². The van der Waals surface area contributed by atoms with E-state index in [1.54, 1.807) is 0 Å². The molecule has 5 nitrogen and oxygen atoms in total. The average molecular weight is 246 g/mol. The van der Waals surface area contributed by atoms with E-state index in [1.807, 2.05) is 0 Å². The number of aliphatic hydroxyl groups is 1. The molecule has 0 aromatic heterocycles. The summed E-state index contributed by atoms with van der Waals surface area (Å²) in [5, 5.41) is 9.55. The monoisotopic (exact) mass is 246 g/mol. The van der Waals surface area contributed by atoms with Crippen LogP contribution in [0.2, 0.25) is 0 Å². The molecule has 7 heteroatoms. The summed E-state index contributed by atoms with van der Waals surface area (Å²) in [6.45, 7) is -0.428. The van der Waals surface area contributed by atoms with Crippen molar-refractivity contribution in [3.05, 3.63) is 35.4 Å². The minimum absolute atomic E-state index is 0.0850. The number of primary amides is 1. The summed E-state index contributed by atoms with van der Waals surface area (Å²) >= 11 is 0. The summed E-state index contributed by atoms with van der Waals surface area (Å²) in [4.78, 5) is 14.9. The van der Waals surface area contributed by atoms with E-state index in [9.17, 15) is 18.7 Å². The maximum absolute atomic E-state index is 12.8. The molecule has 0 aliphatic rings. The van der Waals surface area contributed by atoms with Crippen LogP contribution in [0.1, 0.15) is 11.7 Å². The Morgan fingerprint density at radius 3 is 2.76 bits per heavy atom. The zero-order valence-corrected chi connectivity index (χ0v) is 8.82. The highest BCUT2D eigenvalue weighted by molar-refractivity contribution is 5.74. The summed E-state index contributed by atoms with van der Waals surface area (Å²) in [6.07, 6.45) is -1.09. The van der Waals surface area contributed by atoms with E-state index >= 15 is 0 Å². The highest BCUT2D eigenvalue weighted by Crippen LogP contribution is 2.15. The summed E-state index contributed by atoms with van der Waals surface area (Å²) in [6, 6.07) is 3.05. The number of hydrogen-bond donors (Lipinski definition) is 3. The van der Waals surface area contributed by atoms with Crippen molar-refractivity contribution >= 4 is 5.91 Å². The third-order valence-corrected chi connectivity index (χ3v) is 1.92. The molecule has 1 atom stereocenters. The van der Waals surface area contributed by atoms with Gasteiger partial charge in [0.05, 0.1) is 12.6 Å². The molecule has 0 fully saturated rings. The van der Waals surface area contributed by atoms with Crippen molar-refractivity contribution in [2.24, 2.45) is 5.73 Å². The van der Waals surface area contributed by atoms with Crippen LogP contribution in [0.5, 0.6) is 0 Å². The third-order valence-electron chi connectivity index (χ3n) is 1.92. The molecule has 0 saturated carbocycles. The Kier molecular flexibility index (Phi) is 4.95. The lowest BCUT2D eigenvalue weighted by Gasteiger charge is -2.11. The van der Waals surface area contributed by atoms with E-state index < -0.39 is 23.6 Å². The van der Waals surface area contributed by atoms with Crippen molar-refractivity contribution in [3.8, 4) is 0 Å². The topological polar surface area (TPSA) is 84.6 Å².